The first kappa shape index (κ1) is 14.2. The van der Waals surface area contributed by atoms with Crippen LogP contribution in [0.25, 0.3) is 0 Å². The minimum atomic E-state index is -1.29. The molecule has 0 aliphatic carbocycles. The average Bonchev–Trinajstić information content (AvgIpc) is 2.20. The number of rotatable bonds is 4. The first-order chi connectivity index (χ1) is 6.74. The summed E-state index contributed by atoms with van der Waals surface area (Å²) in [6.07, 6.45) is 0.899. The van der Waals surface area contributed by atoms with Crippen molar-refractivity contribution in [1.82, 2.24) is 0 Å². The van der Waals surface area contributed by atoms with Gasteiger partial charge in [-0.1, -0.05) is 30.3 Å². The fourth-order valence-electron chi connectivity index (χ4n) is 1.19. The molecule has 1 rings (SSSR count). The Morgan fingerprint density at radius 2 is 2.00 bits per heavy atom. The summed E-state index contributed by atoms with van der Waals surface area (Å²) >= 11 is 0. The van der Waals surface area contributed by atoms with Crippen molar-refractivity contribution >= 4 is 5.97 Å². The quantitative estimate of drug-likeness (QED) is 0.518. The Kier molecular flexibility index (Phi) is 7.06. The van der Waals surface area contributed by atoms with Gasteiger partial charge in [0.1, 0.15) is 0 Å². The van der Waals surface area contributed by atoms with Gasteiger partial charge in [-0.15, -0.1) is 0 Å². The van der Waals surface area contributed by atoms with E-state index in [0.29, 0.717) is 12.8 Å². The Morgan fingerprint density at radius 1 is 1.40 bits per heavy atom. The normalized spacial score (nSPS) is 10.9. The fraction of sp³-hybridized carbons (Fsp3) is 0.273. The van der Waals surface area contributed by atoms with Gasteiger partial charge in [0.05, 0.1) is 18.0 Å². The summed E-state index contributed by atoms with van der Waals surface area (Å²) in [6, 6.07) is 11.2. The molecule has 15 heavy (non-hydrogen) atoms. The van der Waals surface area contributed by atoms with Crippen molar-refractivity contribution in [3.63, 3.8) is 0 Å². The van der Waals surface area contributed by atoms with Gasteiger partial charge in [0.15, 0.2) is 0 Å². The second kappa shape index (κ2) is 7.47. The molecular weight excluding hydrogens is 201 g/mol. The first-order valence-electron chi connectivity index (χ1n) is 4.38. The first-order valence-corrected chi connectivity index (χ1v) is 4.38. The Balaban J connectivity index is 0.00000196. The fourth-order valence-corrected chi connectivity index (χ4v) is 1.19. The number of nitrogens with zero attached hydrogens (tertiary/aromatic N) is 1. The van der Waals surface area contributed by atoms with Crippen molar-refractivity contribution in [2.75, 3.05) is 0 Å². The zero-order valence-corrected chi connectivity index (χ0v) is 10.6. The standard InChI is InChI=1S/C11H11NO2.Na/c12-8-10(11(13)14)7-6-9-4-2-1-3-5-9;/h1-5,10H,6-7H2,(H,13,14);/q;+1/p-1. The van der Waals surface area contributed by atoms with E-state index in [4.69, 9.17) is 5.26 Å². The number of carbonyl (C=O) groups excluding carboxylic acids is 1. The molecule has 1 aromatic rings. The monoisotopic (exact) mass is 211 g/mol. The molecule has 0 bridgehead atoms. The number of nitriles is 1. The molecule has 1 unspecified atom stereocenters. The minimum Gasteiger partial charge on any atom is -0.549 e. The molecule has 0 radical (unpaired) electrons. The van der Waals surface area contributed by atoms with Crippen LogP contribution in [0.3, 0.4) is 0 Å². The maximum absolute atomic E-state index is 10.4. The van der Waals surface area contributed by atoms with Crippen LogP contribution in [-0.2, 0) is 11.2 Å². The van der Waals surface area contributed by atoms with Crippen LogP contribution in [0, 0.1) is 17.2 Å². The maximum atomic E-state index is 10.4. The largest absolute Gasteiger partial charge is 1.00 e. The summed E-state index contributed by atoms with van der Waals surface area (Å²) in [4.78, 5) is 10.4. The van der Waals surface area contributed by atoms with Crippen LogP contribution in [0.15, 0.2) is 30.3 Å². The predicted octanol–water partition coefficient (Wildman–Crippen LogP) is -2.49. The van der Waals surface area contributed by atoms with Crippen molar-refractivity contribution in [2.24, 2.45) is 5.92 Å². The molecule has 72 valence electrons. The molecule has 1 atom stereocenters. The van der Waals surface area contributed by atoms with Crippen molar-refractivity contribution in [3.8, 4) is 6.07 Å². The Labute approximate surface area is 111 Å². The van der Waals surface area contributed by atoms with Gasteiger partial charge in [-0.2, -0.15) is 5.26 Å². The molecule has 0 heterocycles. The third-order valence-corrected chi connectivity index (χ3v) is 2.00. The van der Waals surface area contributed by atoms with E-state index < -0.39 is 11.9 Å². The molecule has 0 spiro atoms. The Morgan fingerprint density at radius 3 is 2.47 bits per heavy atom. The zero-order chi connectivity index (χ0) is 10.4. The summed E-state index contributed by atoms with van der Waals surface area (Å²) in [5.41, 5.74) is 1.04. The van der Waals surface area contributed by atoms with E-state index in [0.717, 1.165) is 5.56 Å². The van der Waals surface area contributed by atoms with Crippen LogP contribution in [0.2, 0.25) is 0 Å². The maximum Gasteiger partial charge on any atom is 1.00 e. The van der Waals surface area contributed by atoms with Crippen LogP contribution >= 0.6 is 0 Å². The molecule has 0 fully saturated rings. The van der Waals surface area contributed by atoms with Gasteiger partial charge in [-0.25, -0.2) is 0 Å². The van der Waals surface area contributed by atoms with Gasteiger partial charge in [0, 0.05) is 0 Å². The summed E-state index contributed by atoms with van der Waals surface area (Å²) < 4.78 is 0. The van der Waals surface area contributed by atoms with Gasteiger partial charge in [0.25, 0.3) is 0 Å². The summed E-state index contributed by atoms with van der Waals surface area (Å²) in [6.45, 7) is 0. The van der Waals surface area contributed by atoms with E-state index in [1.54, 1.807) is 6.07 Å². The molecule has 0 saturated heterocycles. The van der Waals surface area contributed by atoms with Crippen molar-refractivity contribution in [3.05, 3.63) is 35.9 Å². The number of aryl methyl sites for hydroxylation is 1. The molecule has 0 N–H and O–H groups in total. The number of carbonyl (C=O) groups is 1. The van der Waals surface area contributed by atoms with Gasteiger partial charge in [-0.05, 0) is 18.4 Å². The molecule has 1 aromatic carbocycles. The topological polar surface area (TPSA) is 63.9 Å². The predicted molar refractivity (Wildman–Crippen MR) is 48.9 cm³/mol. The molecule has 0 saturated carbocycles. The third kappa shape index (κ3) is 4.98. The Bertz CT molecular complexity index is 345. The minimum absolute atomic E-state index is 0. The second-order valence-electron chi connectivity index (χ2n) is 3.02. The van der Waals surface area contributed by atoms with E-state index in [1.807, 2.05) is 30.3 Å². The number of carboxylic acids is 1. The van der Waals surface area contributed by atoms with E-state index in [-0.39, 0.29) is 29.6 Å². The van der Waals surface area contributed by atoms with Crippen molar-refractivity contribution < 1.29 is 39.5 Å². The Hall–Kier alpha value is -0.820. The molecular formula is C11H10NNaO2. The van der Waals surface area contributed by atoms with Gasteiger partial charge in [-0.3, -0.25) is 0 Å². The van der Waals surface area contributed by atoms with E-state index in [9.17, 15) is 9.90 Å². The summed E-state index contributed by atoms with van der Waals surface area (Å²) in [5, 5.41) is 18.9. The number of hydrogen-bond donors (Lipinski definition) is 0. The van der Waals surface area contributed by atoms with Gasteiger partial charge in [0.2, 0.25) is 0 Å². The average molecular weight is 211 g/mol. The number of benzene rings is 1. The van der Waals surface area contributed by atoms with Gasteiger partial charge < -0.3 is 9.90 Å². The number of aliphatic carboxylic acids is 1. The van der Waals surface area contributed by atoms with Gasteiger partial charge >= 0.3 is 29.6 Å². The van der Waals surface area contributed by atoms with Crippen molar-refractivity contribution in [2.45, 2.75) is 12.8 Å². The van der Waals surface area contributed by atoms with E-state index >= 15 is 0 Å². The SMILES string of the molecule is N#CC(CCc1ccccc1)C(=O)[O-].[Na+]. The molecule has 0 amide bonds. The number of carboxylic acid groups (broad SMARTS) is 1. The summed E-state index contributed by atoms with van der Waals surface area (Å²) in [7, 11) is 0. The third-order valence-electron chi connectivity index (χ3n) is 2.00. The van der Waals surface area contributed by atoms with Crippen molar-refractivity contribution in [1.29, 1.82) is 5.26 Å². The van der Waals surface area contributed by atoms with Crippen LogP contribution in [0.1, 0.15) is 12.0 Å². The smallest absolute Gasteiger partial charge is 0.549 e. The molecule has 0 aromatic heterocycles. The molecule has 0 aliphatic heterocycles. The summed E-state index contributed by atoms with van der Waals surface area (Å²) in [5.74, 6) is -2.29. The van der Waals surface area contributed by atoms with E-state index in [1.165, 1.54) is 0 Å². The molecule has 3 nitrogen and oxygen atoms in total. The van der Waals surface area contributed by atoms with E-state index in [2.05, 4.69) is 0 Å². The van der Waals surface area contributed by atoms with Crippen LogP contribution < -0.4 is 34.7 Å². The molecule has 4 heteroatoms. The molecule has 0 aliphatic rings. The zero-order valence-electron chi connectivity index (χ0n) is 8.64. The second-order valence-corrected chi connectivity index (χ2v) is 3.02. The van der Waals surface area contributed by atoms with Crippen LogP contribution in [0.5, 0.6) is 0 Å². The van der Waals surface area contributed by atoms with Crippen LogP contribution in [0.4, 0.5) is 0 Å². The van der Waals surface area contributed by atoms with Crippen LogP contribution in [-0.4, -0.2) is 5.97 Å². The number of hydrogen-bond acceptors (Lipinski definition) is 3.